The van der Waals surface area contributed by atoms with E-state index in [0.29, 0.717) is 25.7 Å². The first-order chi connectivity index (χ1) is 9.61. The number of hydrogen-bond acceptors (Lipinski definition) is 7. The quantitative estimate of drug-likeness (QED) is 0.781. The van der Waals surface area contributed by atoms with Gasteiger partial charge >= 0.3 is 5.97 Å². The largest absolute Gasteiger partial charge is 0.480 e. The number of carbonyl (C=O) groups is 1. The zero-order chi connectivity index (χ0) is 14.5. The van der Waals surface area contributed by atoms with Gasteiger partial charge in [-0.15, -0.1) is 0 Å². The number of thiazole rings is 1. The molecule has 0 bridgehead atoms. The van der Waals surface area contributed by atoms with Crippen LogP contribution in [0.2, 0.25) is 0 Å². The second kappa shape index (κ2) is 6.87. The van der Waals surface area contributed by atoms with E-state index < -0.39 is 12.0 Å². The molecule has 0 aromatic carbocycles. The predicted molar refractivity (Wildman–Crippen MR) is 75.6 cm³/mol. The number of carboxylic acids is 1. The first-order valence-electron chi connectivity index (χ1n) is 6.55. The summed E-state index contributed by atoms with van der Waals surface area (Å²) in [6.07, 6.45) is 0.229. The van der Waals surface area contributed by atoms with Gasteiger partial charge in [0.1, 0.15) is 6.04 Å². The van der Waals surface area contributed by atoms with Gasteiger partial charge in [-0.2, -0.15) is 4.98 Å². The van der Waals surface area contributed by atoms with Crippen molar-refractivity contribution in [2.24, 2.45) is 5.73 Å². The Bertz CT molecular complexity index is 460. The van der Waals surface area contributed by atoms with Crippen molar-refractivity contribution in [2.75, 3.05) is 37.8 Å². The SMILES string of the molecule is CCOc1nc(N2CCOCC2)sc1CC(N)C(=O)O. The fourth-order valence-corrected chi connectivity index (χ4v) is 3.00. The molecular formula is C12H19N3O4S. The van der Waals surface area contributed by atoms with Gasteiger partial charge in [0.25, 0.3) is 0 Å². The Morgan fingerprint density at radius 3 is 2.90 bits per heavy atom. The van der Waals surface area contributed by atoms with Gasteiger partial charge in [-0.3, -0.25) is 4.79 Å². The number of aliphatic carboxylic acids is 1. The molecule has 1 aromatic heterocycles. The molecule has 8 heteroatoms. The predicted octanol–water partition coefficient (Wildman–Crippen LogP) is 0.333. The topological polar surface area (TPSA) is 97.9 Å². The van der Waals surface area contributed by atoms with Crippen LogP contribution in [0.5, 0.6) is 5.88 Å². The van der Waals surface area contributed by atoms with Crippen LogP contribution < -0.4 is 15.4 Å². The molecular weight excluding hydrogens is 282 g/mol. The van der Waals surface area contributed by atoms with Gasteiger partial charge in [-0.1, -0.05) is 11.3 Å². The number of ether oxygens (including phenoxy) is 2. The molecule has 1 atom stereocenters. The highest BCUT2D eigenvalue weighted by Gasteiger charge is 2.22. The van der Waals surface area contributed by atoms with Crippen LogP contribution >= 0.6 is 11.3 Å². The molecule has 3 N–H and O–H groups in total. The van der Waals surface area contributed by atoms with Gasteiger partial charge in [-0.05, 0) is 6.92 Å². The minimum absolute atomic E-state index is 0.229. The summed E-state index contributed by atoms with van der Waals surface area (Å²) in [5, 5.41) is 9.75. The Kier molecular flexibility index (Phi) is 5.16. The highest BCUT2D eigenvalue weighted by molar-refractivity contribution is 7.15. The molecule has 2 rings (SSSR count). The lowest BCUT2D eigenvalue weighted by atomic mass is 10.2. The zero-order valence-electron chi connectivity index (χ0n) is 11.4. The molecule has 1 aromatic rings. The Labute approximate surface area is 121 Å². The molecule has 0 amide bonds. The van der Waals surface area contributed by atoms with Gasteiger partial charge in [0.2, 0.25) is 5.88 Å². The van der Waals surface area contributed by atoms with Crippen molar-refractivity contribution in [1.82, 2.24) is 4.98 Å². The van der Waals surface area contributed by atoms with E-state index in [1.54, 1.807) is 0 Å². The number of rotatable bonds is 6. The lowest BCUT2D eigenvalue weighted by molar-refractivity contribution is -0.138. The number of carboxylic acid groups (broad SMARTS) is 1. The maximum absolute atomic E-state index is 10.9. The van der Waals surface area contributed by atoms with E-state index in [1.807, 2.05) is 6.92 Å². The van der Waals surface area contributed by atoms with Crippen LogP contribution in [-0.4, -0.2) is 55.0 Å². The number of aromatic nitrogens is 1. The summed E-state index contributed by atoms with van der Waals surface area (Å²) >= 11 is 1.44. The molecule has 2 heterocycles. The van der Waals surface area contributed by atoms with Crippen molar-refractivity contribution in [3.05, 3.63) is 4.88 Å². The average molecular weight is 301 g/mol. The Hall–Kier alpha value is -1.38. The van der Waals surface area contributed by atoms with E-state index in [0.717, 1.165) is 23.1 Å². The third kappa shape index (κ3) is 3.59. The van der Waals surface area contributed by atoms with Gasteiger partial charge in [0.15, 0.2) is 5.13 Å². The van der Waals surface area contributed by atoms with E-state index >= 15 is 0 Å². The number of morpholine rings is 1. The Balaban J connectivity index is 2.16. The lowest BCUT2D eigenvalue weighted by Crippen LogP contribution is -2.36. The van der Waals surface area contributed by atoms with Crippen LogP contribution in [0.4, 0.5) is 5.13 Å². The normalized spacial score (nSPS) is 17.0. The molecule has 0 spiro atoms. The van der Waals surface area contributed by atoms with Crippen LogP contribution in [-0.2, 0) is 16.0 Å². The first kappa shape index (κ1) is 15.0. The summed E-state index contributed by atoms with van der Waals surface area (Å²) in [4.78, 5) is 18.2. The number of anilines is 1. The van der Waals surface area contributed by atoms with Crippen LogP contribution in [0.3, 0.4) is 0 Å². The van der Waals surface area contributed by atoms with Crippen LogP contribution in [0.15, 0.2) is 0 Å². The smallest absolute Gasteiger partial charge is 0.320 e. The zero-order valence-corrected chi connectivity index (χ0v) is 12.2. The minimum Gasteiger partial charge on any atom is -0.480 e. The first-order valence-corrected chi connectivity index (χ1v) is 7.37. The molecule has 0 radical (unpaired) electrons. The average Bonchev–Trinajstić information content (AvgIpc) is 2.83. The summed E-state index contributed by atoms with van der Waals surface area (Å²) in [7, 11) is 0. The summed E-state index contributed by atoms with van der Waals surface area (Å²) in [6.45, 7) is 5.27. The second-order valence-corrected chi connectivity index (χ2v) is 5.47. The van der Waals surface area contributed by atoms with Crippen molar-refractivity contribution in [3.8, 4) is 5.88 Å². The van der Waals surface area contributed by atoms with E-state index in [4.69, 9.17) is 20.3 Å². The van der Waals surface area contributed by atoms with Crippen LogP contribution in [0.1, 0.15) is 11.8 Å². The highest BCUT2D eigenvalue weighted by Crippen LogP contribution is 2.32. The van der Waals surface area contributed by atoms with Crippen molar-refractivity contribution in [2.45, 2.75) is 19.4 Å². The Morgan fingerprint density at radius 2 is 2.30 bits per heavy atom. The molecule has 1 fully saturated rings. The summed E-state index contributed by atoms with van der Waals surface area (Å²) in [5.41, 5.74) is 5.59. The van der Waals surface area contributed by atoms with Gasteiger partial charge in [0.05, 0.1) is 24.7 Å². The molecule has 7 nitrogen and oxygen atoms in total. The van der Waals surface area contributed by atoms with Crippen molar-refractivity contribution in [1.29, 1.82) is 0 Å². The molecule has 1 aliphatic rings. The summed E-state index contributed by atoms with van der Waals surface area (Å²) < 4.78 is 10.8. The van der Waals surface area contributed by atoms with Crippen molar-refractivity contribution >= 4 is 22.4 Å². The number of nitrogens with two attached hydrogens (primary N) is 1. The Morgan fingerprint density at radius 1 is 1.60 bits per heavy atom. The monoisotopic (exact) mass is 301 g/mol. The van der Waals surface area contributed by atoms with E-state index in [1.165, 1.54) is 11.3 Å². The van der Waals surface area contributed by atoms with Gasteiger partial charge < -0.3 is 25.2 Å². The molecule has 1 aliphatic heterocycles. The molecule has 0 saturated carbocycles. The summed E-state index contributed by atoms with van der Waals surface area (Å²) in [6, 6.07) is -0.938. The van der Waals surface area contributed by atoms with Crippen LogP contribution in [0, 0.1) is 0 Å². The van der Waals surface area contributed by atoms with Crippen molar-refractivity contribution < 1.29 is 19.4 Å². The highest BCUT2D eigenvalue weighted by atomic mass is 32.1. The van der Waals surface area contributed by atoms with Crippen LogP contribution in [0.25, 0.3) is 0 Å². The molecule has 20 heavy (non-hydrogen) atoms. The fourth-order valence-electron chi connectivity index (χ4n) is 1.88. The fraction of sp³-hybridized carbons (Fsp3) is 0.667. The summed E-state index contributed by atoms with van der Waals surface area (Å²) in [5.74, 6) is -0.524. The minimum atomic E-state index is -1.02. The van der Waals surface area contributed by atoms with E-state index in [-0.39, 0.29) is 6.42 Å². The molecule has 1 saturated heterocycles. The van der Waals surface area contributed by atoms with E-state index in [2.05, 4.69) is 9.88 Å². The molecule has 0 aliphatic carbocycles. The number of nitrogens with zero attached hydrogens (tertiary/aromatic N) is 2. The van der Waals surface area contributed by atoms with Gasteiger partial charge in [0, 0.05) is 19.5 Å². The third-order valence-electron chi connectivity index (χ3n) is 2.94. The number of hydrogen-bond donors (Lipinski definition) is 2. The third-order valence-corrected chi connectivity index (χ3v) is 4.06. The van der Waals surface area contributed by atoms with E-state index in [9.17, 15) is 4.79 Å². The van der Waals surface area contributed by atoms with Crippen molar-refractivity contribution in [3.63, 3.8) is 0 Å². The molecule has 112 valence electrons. The molecule has 1 unspecified atom stereocenters. The standard InChI is InChI=1S/C12H19N3O4S/c1-2-19-10-9(7-8(13)11(16)17)20-12(14-10)15-3-5-18-6-4-15/h8H,2-7,13H2,1H3,(H,16,17). The maximum atomic E-state index is 10.9. The maximum Gasteiger partial charge on any atom is 0.320 e. The second-order valence-electron chi connectivity index (χ2n) is 4.41. The lowest BCUT2D eigenvalue weighted by Gasteiger charge is -2.25. The van der Waals surface area contributed by atoms with Gasteiger partial charge in [-0.25, -0.2) is 0 Å².